The van der Waals surface area contributed by atoms with Crippen molar-refractivity contribution in [2.24, 2.45) is 5.92 Å². The molecule has 1 fully saturated rings. The van der Waals surface area contributed by atoms with Crippen LogP contribution in [-0.2, 0) is 6.54 Å². The van der Waals surface area contributed by atoms with E-state index in [0.717, 1.165) is 6.42 Å². The van der Waals surface area contributed by atoms with E-state index in [1.165, 1.54) is 10.8 Å². The summed E-state index contributed by atoms with van der Waals surface area (Å²) in [4.78, 5) is 40.0. The molecular weight excluding hydrogens is 427 g/mol. The van der Waals surface area contributed by atoms with Gasteiger partial charge in [0.05, 0.1) is 6.04 Å². The molecule has 10 heteroatoms. The number of nitrogens with zero attached hydrogens (tertiary/aromatic N) is 2. The third-order valence-electron chi connectivity index (χ3n) is 6.52. The van der Waals surface area contributed by atoms with E-state index in [9.17, 15) is 32.7 Å². The summed E-state index contributed by atoms with van der Waals surface area (Å²) in [5.41, 5.74) is -2.25. The number of pyridine rings is 1. The summed E-state index contributed by atoms with van der Waals surface area (Å²) in [5.74, 6) is -5.54. The fourth-order valence-corrected chi connectivity index (χ4v) is 4.41. The molecule has 0 aliphatic carbocycles. The van der Waals surface area contributed by atoms with Crippen molar-refractivity contribution in [1.29, 1.82) is 0 Å². The van der Waals surface area contributed by atoms with Crippen LogP contribution in [0.3, 0.4) is 0 Å². The van der Waals surface area contributed by atoms with Gasteiger partial charge in [-0.1, -0.05) is 6.92 Å². The molecule has 1 aromatic heterocycles. The lowest BCUT2D eigenvalue weighted by Gasteiger charge is -2.38. The van der Waals surface area contributed by atoms with E-state index >= 15 is 0 Å². The summed E-state index contributed by atoms with van der Waals surface area (Å²) >= 11 is 0. The maximum atomic E-state index is 13.8. The Hall–Kier alpha value is -3.30. The van der Waals surface area contributed by atoms with E-state index in [4.69, 9.17) is 0 Å². The maximum Gasteiger partial charge on any atom is 0.274 e. The summed E-state index contributed by atoms with van der Waals surface area (Å²) in [6, 6.07) is 0.657. The molecule has 32 heavy (non-hydrogen) atoms. The van der Waals surface area contributed by atoms with Crippen LogP contribution in [0.1, 0.15) is 59.1 Å². The SMILES string of the molecule is C[C@H]1CC[C@H]2CN(C(=O)c3c(O)c(=O)c(C(=O)NCc4c(F)cc(F)cc4F)cn32)[C@H]1C. The van der Waals surface area contributed by atoms with Gasteiger partial charge in [0, 0.05) is 43.0 Å². The first-order chi connectivity index (χ1) is 15.1. The number of benzene rings is 1. The van der Waals surface area contributed by atoms with Crippen LogP contribution >= 0.6 is 0 Å². The summed E-state index contributed by atoms with van der Waals surface area (Å²) < 4.78 is 42.2. The van der Waals surface area contributed by atoms with Crippen molar-refractivity contribution in [2.75, 3.05) is 6.54 Å². The van der Waals surface area contributed by atoms with Gasteiger partial charge in [0.15, 0.2) is 11.4 Å². The third-order valence-corrected chi connectivity index (χ3v) is 6.52. The van der Waals surface area contributed by atoms with Gasteiger partial charge in [-0.3, -0.25) is 14.4 Å². The number of amides is 2. The number of hydrogen-bond acceptors (Lipinski definition) is 4. The summed E-state index contributed by atoms with van der Waals surface area (Å²) in [5, 5.41) is 12.7. The van der Waals surface area contributed by atoms with Crippen molar-refractivity contribution in [3.63, 3.8) is 0 Å². The molecule has 2 N–H and O–H groups in total. The number of aromatic hydroxyl groups is 1. The number of carbonyl (C=O) groups excluding carboxylic acids is 2. The first kappa shape index (κ1) is 21.9. The van der Waals surface area contributed by atoms with Crippen LogP contribution in [-0.4, -0.2) is 39.0 Å². The topological polar surface area (TPSA) is 91.6 Å². The molecular formula is C22H22F3N3O4. The molecule has 4 rings (SSSR count). The number of fused-ring (bicyclic) bond motifs is 4. The minimum atomic E-state index is -1.18. The summed E-state index contributed by atoms with van der Waals surface area (Å²) in [7, 11) is 0. The Balaban J connectivity index is 1.68. The molecule has 3 heterocycles. The molecule has 1 aromatic carbocycles. The summed E-state index contributed by atoms with van der Waals surface area (Å²) in [6.07, 6.45) is 2.70. The predicted octanol–water partition coefficient (Wildman–Crippen LogP) is 2.72. The lowest BCUT2D eigenvalue weighted by atomic mass is 9.98. The van der Waals surface area contributed by atoms with Gasteiger partial charge in [0.25, 0.3) is 11.8 Å². The Kier molecular flexibility index (Phi) is 5.47. The van der Waals surface area contributed by atoms with Gasteiger partial charge in [-0.2, -0.15) is 0 Å². The number of aromatic nitrogens is 1. The lowest BCUT2D eigenvalue weighted by molar-refractivity contribution is 0.0570. The summed E-state index contributed by atoms with van der Waals surface area (Å²) in [6.45, 7) is 3.70. The van der Waals surface area contributed by atoms with Gasteiger partial charge < -0.3 is 19.9 Å². The van der Waals surface area contributed by atoms with Crippen molar-refractivity contribution < 1.29 is 27.9 Å². The fraction of sp³-hybridized carbons (Fsp3) is 0.409. The molecule has 7 nitrogen and oxygen atoms in total. The van der Waals surface area contributed by atoms with Crippen molar-refractivity contribution in [2.45, 2.75) is 45.3 Å². The molecule has 2 aliphatic rings. The zero-order chi connectivity index (χ0) is 23.3. The van der Waals surface area contributed by atoms with E-state index < -0.39 is 58.1 Å². The largest absolute Gasteiger partial charge is 0.503 e. The van der Waals surface area contributed by atoms with E-state index in [-0.39, 0.29) is 23.7 Å². The zero-order valence-corrected chi connectivity index (χ0v) is 17.5. The molecule has 1 saturated heterocycles. The van der Waals surface area contributed by atoms with E-state index in [1.807, 2.05) is 13.8 Å². The van der Waals surface area contributed by atoms with Crippen LogP contribution < -0.4 is 10.7 Å². The van der Waals surface area contributed by atoms with Crippen LogP contribution in [0.15, 0.2) is 23.1 Å². The molecule has 0 spiro atoms. The minimum Gasteiger partial charge on any atom is -0.503 e. The van der Waals surface area contributed by atoms with Crippen molar-refractivity contribution >= 4 is 11.8 Å². The second kappa shape index (κ2) is 7.99. The highest BCUT2D eigenvalue weighted by atomic mass is 19.1. The van der Waals surface area contributed by atoms with E-state index in [0.29, 0.717) is 25.1 Å². The highest BCUT2D eigenvalue weighted by Gasteiger charge is 2.40. The Morgan fingerprint density at radius 1 is 1.16 bits per heavy atom. The Morgan fingerprint density at radius 2 is 1.81 bits per heavy atom. The number of nitrogens with one attached hydrogen (secondary N) is 1. The number of hydrogen-bond donors (Lipinski definition) is 2. The molecule has 0 saturated carbocycles. The lowest BCUT2D eigenvalue weighted by Crippen LogP contribution is -2.48. The standard InChI is InChI=1S/C22H22F3N3O4/c1-10-3-4-13-8-27(11(10)2)22(32)18-20(30)19(29)15(9-28(13)18)21(31)26-7-14-16(24)5-12(23)6-17(14)25/h5-6,9-11,13,30H,3-4,7-8H2,1-2H3,(H,26,31)/t10-,11-,13-/m0/s1. The molecule has 2 bridgehead atoms. The predicted molar refractivity (Wildman–Crippen MR) is 108 cm³/mol. The number of carbonyl (C=O) groups is 2. The molecule has 2 amide bonds. The van der Waals surface area contributed by atoms with E-state index in [2.05, 4.69) is 5.32 Å². The quantitative estimate of drug-likeness (QED) is 0.754. The Labute approximate surface area is 181 Å². The fourth-order valence-electron chi connectivity index (χ4n) is 4.41. The highest BCUT2D eigenvalue weighted by molar-refractivity contribution is 5.99. The van der Waals surface area contributed by atoms with Gasteiger partial charge in [-0.25, -0.2) is 13.2 Å². The molecule has 0 radical (unpaired) electrons. The first-order valence-corrected chi connectivity index (χ1v) is 10.3. The smallest absolute Gasteiger partial charge is 0.274 e. The molecule has 2 aromatic rings. The monoisotopic (exact) mass is 449 g/mol. The van der Waals surface area contributed by atoms with Crippen molar-refractivity contribution in [3.05, 3.63) is 62.8 Å². The van der Waals surface area contributed by atoms with Gasteiger partial charge in [-0.05, 0) is 25.7 Å². The molecule has 0 unspecified atom stereocenters. The average Bonchev–Trinajstić information content (AvgIpc) is 2.85. The van der Waals surface area contributed by atoms with Crippen LogP contribution in [0, 0.1) is 23.4 Å². The number of rotatable bonds is 3. The van der Waals surface area contributed by atoms with Crippen LogP contribution in [0.2, 0.25) is 0 Å². The van der Waals surface area contributed by atoms with Gasteiger partial charge in [0.1, 0.15) is 23.0 Å². The number of halogens is 3. The zero-order valence-electron chi connectivity index (χ0n) is 17.5. The van der Waals surface area contributed by atoms with Gasteiger partial charge in [0.2, 0.25) is 5.43 Å². The molecule has 2 aliphatic heterocycles. The minimum absolute atomic E-state index is 0.0702. The van der Waals surface area contributed by atoms with Crippen molar-refractivity contribution in [3.8, 4) is 5.75 Å². The van der Waals surface area contributed by atoms with E-state index in [1.54, 1.807) is 4.90 Å². The Bertz CT molecular complexity index is 1160. The van der Waals surface area contributed by atoms with Crippen LogP contribution in [0.5, 0.6) is 5.75 Å². The van der Waals surface area contributed by atoms with Crippen LogP contribution in [0.4, 0.5) is 13.2 Å². The second-order valence-corrected chi connectivity index (χ2v) is 8.41. The Morgan fingerprint density at radius 3 is 2.47 bits per heavy atom. The van der Waals surface area contributed by atoms with Crippen molar-refractivity contribution in [1.82, 2.24) is 14.8 Å². The average molecular weight is 449 g/mol. The second-order valence-electron chi connectivity index (χ2n) is 8.41. The maximum absolute atomic E-state index is 13.8. The molecule has 170 valence electrons. The van der Waals surface area contributed by atoms with Gasteiger partial charge in [-0.15, -0.1) is 0 Å². The normalized spacial score (nSPS) is 22.3. The van der Waals surface area contributed by atoms with Crippen LogP contribution in [0.25, 0.3) is 0 Å². The third kappa shape index (κ3) is 3.53. The van der Waals surface area contributed by atoms with Gasteiger partial charge >= 0.3 is 0 Å². The highest BCUT2D eigenvalue weighted by Crippen LogP contribution is 2.36. The first-order valence-electron chi connectivity index (χ1n) is 10.3. The molecule has 3 atom stereocenters.